The quantitative estimate of drug-likeness (QED) is 0.940. The summed E-state index contributed by atoms with van der Waals surface area (Å²) in [4.78, 5) is 20.8. The molecule has 3 rings (SSSR count). The minimum Gasteiger partial charge on any atom is -0.469 e. The highest BCUT2D eigenvalue weighted by molar-refractivity contribution is 5.94. The second-order valence-electron chi connectivity index (χ2n) is 6.50. The van der Waals surface area contributed by atoms with E-state index in [1.807, 2.05) is 12.1 Å². The number of amides is 1. The molecule has 2 aromatic rings. The van der Waals surface area contributed by atoms with Gasteiger partial charge in [-0.1, -0.05) is 20.8 Å². The molecule has 1 fully saturated rings. The van der Waals surface area contributed by atoms with E-state index in [0.717, 1.165) is 18.0 Å². The van der Waals surface area contributed by atoms with Crippen LogP contribution in [0.15, 0.2) is 35.2 Å². The molecule has 0 spiro atoms. The first-order valence-corrected chi connectivity index (χ1v) is 7.12. The van der Waals surface area contributed by atoms with Gasteiger partial charge in [0.2, 0.25) is 5.91 Å². The molecule has 1 aliphatic carbocycles. The summed E-state index contributed by atoms with van der Waals surface area (Å²) in [5.41, 5.74) is 0.543. The highest BCUT2D eigenvalue weighted by atomic mass is 16.3. The van der Waals surface area contributed by atoms with Gasteiger partial charge in [0.25, 0.3) is 0 Å². The molecule has 0 bridgehead atoms. The van der Waals surface area contributed by atoms with Crippen molar-refractivity contribution >= 4 is 11.6 Å². The summed E-state index contributed by atoms with van der Waals surface area (Å²) < 4.78 is 5.34. The molecule has 2 heterocycles. The molecule has 5 nitrogen and oxygen atoms in total. The van der Waals surface area contributed by atoms with Crippen LogP contribution < -0.4 is 5.32 Å². The topological polar surface area (TPSA) is 68.0 Å². The minimum atomic E-state index is -0.0938. The third kappa shape index (κ3) is 2.96. The normalized spacial score (nSPS) is 21.1. The van der Waals surface area contributed by atoms with Crippen LogP contribution in [0.25, 0.3) is 0 Å². The van der Waals surface area contributed by atoms with E-state index in [-0.39, 0.29) is 23.2 Å². The molecule has 2 unspecified atom stereocenters. The van der Waals surface area contributed by atoms with Crippen LogP contribution in [0.1, 0.15) is 44.7 Å². The number of carbonyl (C=O) groups excluding carboxylic acids is 1. The number of anilines is 1. The van der Waals surface area contributed by atoms with Crippen molar-refractivity contribution in [2.75, 3.05) is 5.32 Å². The number of rotatable bonds is 3. The second kappa shape index (κ2) is 4.98. The first-order chi connectivity index (χ1) is 9.95. The maximum atomic E-state index is 12.2. The van der Waals surface area contributed by atoms with E-state index in [2.05, 4.69) is 36.1 Å². The Morgan fingerprint density at radius 1 is 1.33 bits per heavy atom. The molecule has 2 aromatic heterocycles. The van der Waals surface area contributed by atoms with Crippen molar-refractivity contribution < 1.29 is 9.21 Å². The molecule has 2 atom stereocenters. The predicted molar refractivity (Wildman–Crippen MR) is 78.9 cm³/mol. The van der Waals surface area contributed by atoms with Gasteiger partial charge in [0.05, 0.1) is 24.3 Å². The average molecular weight is 285 g/mol. The number of carbonyl (C=O) groups is 1. The molecule has 110 valence electrons. The van der Waals surface area contributed by atoms with Gasteiger partial charge >= 0.3 is 0 Å². The van der Waals surface area contributed by atoms with Gasteiger partial charge in [0, 0.05) is 17.3 Å². The number of aromatic nitrogens is 2. The summed E-state index contributed by atoms with van der Waals surface area (Å²) in [7, 11) is 0. The lowest BCUT2D eigenvalue weighted by Gasteiger charge is -2.16. The molecule has 1 amide bonds. The summed E-state index contributed by atoms with van der Waals surface area (Å²) in [6.07, 6.45) is 5.80. The Morgan fingerprint density at radius 3 is 2.62 bits per heavy atom. The zero-order chi connectivity index (χ0) is 15.0. The van der Waals surface area contributed by atoms with Gasteiger partial charge in [-0.2, -0.15) is 0 Å². The summed E-state index contributed by atoms with van der Waals surface area (Å²) in [6, 6.07) is 3.76. The van der Waals surface area contributed by atoms with Gasteiger partial charge in [-0.15, -0.1) is 0 Å². The van der Waals surface area contributed by atoms with Crippen LogP contribution in [0.2, 0.25) is 0 Å². The molecule has 0 saturated heterocycles. The number of hydrogen-bond acceptors (Lipinski definition) is 4. The van der Waals surface area contributed by atoms with Crippen LogP contribution in [-0.2, 0) is 10.2 Å². The van der Waals surface area contributed by atoms with Gasteiger partial charge in [0.1, 0.15) is 11.6 Å². The van der Waals surface area contributed by atoms with Crippen LogP contribution in [-0.4, -0.2) is 15.9 Å². The first-order valence-electron chi connectivity index (χ1n) is 7.12. The van der Waals surface area contributed by atoms with Gasteiger partial charge in [-0.3, -0.25) is 4.79 Å². The van der Waals surface area contributed by atoms with Gasteiger partial charge in [-0.25, -0.2) is 9.97 Å². The first kappa shape index (κ1) is 13.8. The summed E-state index contributed by atoms with van der Waals surface area (Å²) in [5.74, 6) is 1.84. The highest BCUT2D eigenvalue weighted by Crippen LogP contribution is 2.48. The molecule has 0 radical (unpaired) electrons. The molecular formula is C16H19N3O2. The third-order valence-corrected chi connectivity index (χ3v) is 3.63. The Bertz CT molecular complexity index is 627. The Kier molecular flexibility index (Phi) is 3.27. The van der Waals surface area contributed by atoms with Crippen molar-refractivity contribution in [2.24, 2.45) is 5.92 Å². The zero-order valence-electron chi connectivity index (χ0n) is 12.5. The summed E-state index contributed by atoms with van der Waals surface area (Å²) in [5, 5.41) is 2.87. The van der Waals surface area contributed by atoms with Gasteiger partial charge in [-0.05, 0) is 18.6 Å². The van der Waals surface area contributed by atoms with E-state index in [9.17, 15) is 4.79 Å². The highest BCUT2D eigenvalue weighted by Gasteiger charge is 2.45. The molecule has 0 aliphatic heterocycles. The fraction of sp³-hybridized carbons (Fsp3) is 0.438. The number of hydrogen-bond donors (Lipinski definition) is 1. The van der Waals surface area contributed by atoms with E-state index in [0.29, 0.717) is 5.69 Å². The van der Waals surface area contributed by atoms with E-state index >= 15 is 0 Å². The van der Waals surface area contributed by atoms with E-state index < -0.39 is 0 Å². The van der Waals surface area contributed by atoms with Crippen molar-refractivity contribution in [3.8, 4) is 0 Å². The van der Waals surface area contributed by atoms with Crippen LogP contribution in [0.4, 0.5) is 5.69 Å². The number of furan rings is 1. The monoisotopic (exact) mass is 285 g/mol. The van der Waals surface area contributed by atoms with Crippen molar-refractivity contribution in [1.82, 2.24) is 9.97 Å². The minimum absolute atomic E-state index is 0.00325. The van der Waals surface area contributed by atoms with Gasteiger partial charge in [0.15, 0.2) is 0 Å². The average Bonchev–Trinajstić information content (AvgIpc) is 3.05. The molecule has 0 aromatic carbocycles. The summed E-state index contributed by atoms with van der Waals surface area (Å²) >= 11 is 0. The van der Waals surface area contributed by atoms with Crippen molar-refractivity contribution in [1.29, 1.82) is 0 Å². The van der Waals surface area contributed by atoms with Gasteiger partial charge < -0.3 is 9.73 Å². The SMILES string of the molecule is CC(C)(C)c1ncc(NC(=O)C2CC2c2ccco2)cn1. The Hall–Kier alpha value is -2.17. The largest absolute Gasteiger partial charge is 0.469 e. The standard InChI is InChI=1S/C16H19N3O2/c1-16(2,3)15-17-8-10(9-18-15)19-14(20)12-7-11(12)13-5-4-6-21-13/h4-6,8-9,11-12H,7H2,1-3H3,(H,19,20). The maximum Gasteiger partial charge on any atom is 0.228 e. The lowest BCUT2D eigenvalue weighted by Crippen LogP contribution is -2.18. The van der Waals surface area contributed by atoms with Crippen LogP contribution in [0.3, 0.4) is 0 Å². The Balaban J connectivity index is 1.61. The Morgan fingerprint density at radius 2 is 2.05 bits per heavy atom. The van der Waals surface area contributed by atoms with E-state index in [1.54, 1.807) is 18.7 Å². The Labute approximate surface area is 123 Å². The molecule has 1 N–H and O–H groups in total. The molecule has 21 heavy (non-hydrogen) atoms. The fourth-order valence-electron chi connectivity index (χ4n) is 2.32. The molecule has 5 heteroatoms. The van der Waals surface area contributed by atoms with E-state index in [4.69, 9.17) is 4.42 Å². The van der Waals surface area contributed by atoms with Crippen molar-refractivity contribution in [3.63, 3.8) is 0 Å². The zero-order valence-corrected chi connectivity index (χ0v) is 12.5. The van der Waals surface area contributed by atoms with E-state index in [1.165, 1.54) is 0 Å². The maximum absolute atomic E-state index is 12.2. The van der Waals surface area contributed by atoms with Crippen molar-refractivity contribution in [3.05, 3.63) is 42.4 Å². The number of nitrogens with one attached hydrogen (secondary N) is 1. The smallest absolute Gasteiger partial charge is 0.228 e. The van der Waals surface area contributed by atoms with Crippen LogP contribution in [0.5, 0.6) is 0 Å². The van der Waals surface area contributed by atoms with Crippen LogP contribution >= 0.6 is 0 Å². The predicted octanol–water partition coefficient (Wildman–Crippen LogP) is 3.11. The van der Waals surface area contributed by atoms with Crippen molar-refractivity contribution in [2.45, 2.75) is 38.5 Å². The molecule has 1 aliphatic rings. The fourth-order valence-corrected chi connectivity index (χ4v) is 2.32. The second-order valence-corrected chi connectivity index (χ2v) is 6.50. The molecule has 1 saturated carbocycles. The molecular weight excluding hydrogens is 266 g/mol. The number of nitrogens with zero attached hydrogens (tertiary/aromatic N) is 2. The summed E-state index contributed by atoms with van der Waals surface area (Å²) in [6.45, 7) is 6.16. The van der Waals surface area contributed by atoms with Crippen LogP contribution in [0, 0.1) is 5.92 Å². The lowest BCUT2D eigenvalue weighted by atomic mass is 9.96. The lowest BCUT2D eigenvalue weighted by molar-refractivity contribution is -0.117. The third-order valence-electron chi connectivity index (χ3n) is 3.63.